The lowest BCUT2D eigenvalue weighted by Crippen LogP contribution is -2.18. The zero-order valence-corrected chi connectivity index (χ0v) is 15.9. The normalized spacial score (nSPS) is 15.9. The molecule has 0 fully saturated rings. The summed E-state index contributed by atoms with van der Waals surface area (Å²) in [6.07, 6.45) is 18.7. The minimum Gasteiger partial charge on any atom is -0.0654 e. The number of unbranched alkanes of at least 4 members (excludes halogenated alkanes) is 8. The third-order valence-corrected chi connectivity index (χ3v) is 5.59. The molecule has 0 aromatic heterocycles. The highest BCUT2D eigenvalue weighted by Gasteiger charge is 2.20. The Morgan fingerprint density at radius 1 is 0.571 bits per heavy atom. The average Bonchev–Trinajstić information content (AvgIpc) is 2.50. The molecule has 0 N–H and O–H groups in total. The van der Waals surface area contributed by atoms with Gasteiger partial charge in [-0.15, -0.1) is 0 Å². The van der Waals surface area contributed by atoms with Crippen LogP contribution in [-0.4, -0.2) is 0 Å². The van der Waals surface area contributed by atoms with Crippen molar-refractivity contribution in [2.24, 2.45) is 17.8 Å². The third-order valence-electron chi connectivity index (χ3n) is 5.59. The molecule has 0 aromatic rings. The minimum absolute atomic E-state index is 0.920. The van der Waals surface area contributed by atoms with Gasteiger partial charge in [-0.05, 0) is 17.8 Å². The summed E-state index contributed by atoms with van der Waals surface area (Å²) < 4.78 is 0. The molecule has 0 nitrogen and oxygen atoms in total. The molecular formula is C21H44. The molecule has 0 amide bonds. The van der Waals surface area contributed by atoms with Gasteiger partial charge in [0.25, 0.3) is 0 Å². The van der Waals surface area contributed by atoms with Gasteiger partial charge in [-0.2, -0.15) is 0 Å². The molecule has 0 spiro atoms. The second kappa shape index (κ2) is 14.9. The van der Waals surface area contributed by atoms with Crippen LogP contribution in [0.15, 0.2) is 0 Å². The molecule has 0 aliphatic carbocycles. The van der Waals surface area contributed by atoms with E-state index in [1.807, 2.05) is 0 Å². The van der Waals surface area contributed by atoms with Crippen LogP contribution in [0.4, 0.5) is 0 Å². The fourth-order valence-corrected chi connectivity index (χ4v) is 3.71. The second-order valence-corrected chi connectivity index (χ2v) is 7.41. The van der Waals surface area contributed by atoms with Gasteiger partial charge in [0.05, 0.1) is 0 Å². The lowest BCUT2D eigenvalue weighted by atomic mass is 9.78. The monoisotopic (exact) mass is 296 g/mol. The summed E-state index contributed by atoms with van der Waals surface area (Å²) in [5.41, 5.74) is 0. The minimum atomic E-state index is 0.920. The Kier molecular flexibility index (Phi) is 14.9. The molecule has 3 unspecified atom stereocenters. The van der Waals surface area contributed by atoms with Crippen molar-refractivity contribution in [1.82, 2.24) is 0 Å². The van der Waals surface area contributed by atoms with Crippen molar-refractivity contribution >= 4 is 0 Å². The first kappa shape index (κ1) is 21.0. The van der Waals surface area contributed by atoms with Gasteiger partial charge >= 0.3 is 0 Å². The maximum Gasteiger partial charge on any atom is -0.0389 e. The Hall–Kier alpha value is 0. The molecule has 21 heavy (non-hydrogen) atoms. The van der Waals surface area contributed by atoms with E-state index in [-0.39, 0.29) is 0 Å². The van der Waals surface area contributed by atoms with E-state index in [9.17, 15) is 0 Å². The van der Waals surface area contributed by atoms with Crippen LogP contribution in [0.25, 0.3) is 0 Å². The molecule has 0 rings (SSSR count). The smallest absolute Gasteiger partial charge is 0.0389 e. The third kappa shape index (κ3) is 11.2. The van der Waals surface area contributed by atoms with Gasteiger partial charge in [-0.25, -0.2) is 0 Å². The summed E-state index contributed by atoms with van der Waals surface area (Å²) in [5, 5.41) is 0. The number of rotatable bonds is 15. The highest BCUT2D eigenvalue weighted by molar-refractivity contribution is 4.70. The zero-order chi connectivity index (χ0) is 15.9. The van der Waals surface area contributed by atoms with E-state index in [4.69, 9.17) is 0 Å². The molecule has 0 saturated heterocycles. The topological polar surface area (TPSA) is 0 Å². The van der Waals surface area contributed by atoms with E-state index in [0.29, 0.717) is 0 Å². The van der Waals surface area contributed by atoms with Crippen LogP contribution in [0.5, 0.6) is 0 Å². The van der Waals surface area contributed by atoms with Crippen molar-refractivity contribution in [2.45, 2.75) is 118 Å². The molecule has 0 saturated carbocycles. The van der Waals surface area contributed by atoms with Gasteiger partial charge in [0.15, 0.2) is 0 Å². The molecule has 0 radical (unpaired) electrons. The van der Waals surface area contributed by atoms with Crippen molar-refractivity contribution in [3.05, 3.63) is 0 Å². The SMILES string of the molecule is CCCCCCCCCCCC(C)C(C)C(CC)CCC. The van der Waals surface area contributed by atoms with Crippen LogP contribution in [0.1, 0.15) is 118 Å². The fourth-order valence-electron chi connectivity index (χ4n) is 3.71. The van der Waals surface area contributed by atoms with Crippen molar-refractivity contribution in [3.8, 4) is 0 Å². The lowest BCUT2D eigenvalue weighted by Gasteiger charge is -2.28. The Bertz CT molecular complexity index is 196. The lowest BCUT2D eigenvalue weighted by molar-refractivity contribution is 0.226. The Labute approximate surface area is 136 Å². The van der Waals surface area contributed by atoms with Gasteiger partial charge < -0.3 is 0 Å². The fraction of sp³-hybridized carbons (Fsp3) is 1.00. The van der Waals surface area contributed by atoms with Crippen LogP contribution < -0.4 is 0 Å². The molecular weight excluding hydrogens is 252 g/mol. The number of hydrogen-bond acceptors (Lipinski definition) is 0. The first-order chi connectivity index (χ1) is 10.2. The standard InChI is InChI=1S/C21H44/c1-6-9-10-11-12-13-14-15-16-18-19(4)20(5)21(8-3)17-7-2/h19-21H,6-18H2,1-5H3. The van der Waals surface area contributed by atoms with Gasteiger partial charge in [0.1, 0.15) is 0 Å². The maximum absolute atomic E-state index is 2.50. The summed E-state index contributed by atoms with van der Waals surface area (Å²) in [7, 11) is 0. The average molecular weight is 297 g/mol. The zero-order valence-electron chi connectivity index (χ0n) is 15.9. The first-order valence-corrected chi connectivity index (χ1v) is 10.2. The van der Waals surface area contributed by atoms with E-state index >= 15 is 0 Å². The van der Waals surface area contributed by atoms with Crippen LogP contribution in [0, 0.1) is 17.8 Å². The van der Waals surface area contributed by atoms with E-state index < -0.39 is 0 Å². The van der Waals surface area contributed by atoms with E-state index in [1.54, 1.807) is 0 Å². The Balaban J connectivity index is 3.53. The van der Waals surface area contributed by atoms with Crippen molar-refractivity contribution in [3.63, 3.8) is 0 Å². The maximum atomic E-state index is 2.50. The Morgan fingerprint density at radius 3 is 1.57 bits per heavy atom. The van der Waals surface area contributed by atoms with Crippen LogP contribution in [-0.2, 0) is 0 Å². The second-order valence-electron chi connectivity index (χ2n) is 7.41. The summed E-state index contributed by atoms with van der Waals surface area (Å²) in [5.74, 6) is 2.80. The highest BCUT2D eigenvalue weighted by Crippen LogP contribution is 2.30. The summed E-state index contributed by atoms with van der Waals surface area (Å²) in [6.45, 7) is 12.0. The number of hydrogen-bond donors (Lipinski definition) is 0. The molecule has 0 aliphatic rings. The van der Waals surface area contributed by atoms with Crippen molar-refractivity contribution < 1.29 is 0 Å². The van der Waals surface area contributed by atoms with Crippen molar-refractivity contribution in [2.75, 3.05) is 0 Å². The molecule has 0 bridgehead atoms. The molecule has 0 aliphatic heterocycles. The molecule has 0 heterocycles. The summed E-state index contributed by atoms with van der Waals surface area (Å²) >= 11 is 0. The summed E-state index contributed by atoms with van der Waals surface area (Å²) in [6, 6.07) is 0. The van der Waals surface area contributed by atoms with Gasteiger partial charge in [0.2, 0.25) is 0 Å². The van der Waals surface area contributed by atoms with E-state index in [2.05, 4.69) is 34.6 Å². The quantitative estimate of drug-likeness (QED) is 0.268. The summed E-state index contributed by atoms with van der Waals surface area (Å²) in [4.78, 5) is 0. The predicted octanol–water partition coefficient (Wildman–Crippen LogP) is 8.01. The highest BCUT2D eigenvalue weighted by atomic mass is 14.3. The van der Waals surface area contributed by atoms with Crippen LogP contribution in [0.3, 0.4) is 0 Å². The van der Waals surface area contributed by atoms with Gasteiger partial charge in [-0.1, -0.05) is 118 Å². The van der Waals surface area contributed by atoms with Gasteiger partial charge in [0, 0.05) is 0 Å². The van der Waals surface area contributed by atoms with Crippen LogP contribution >= 0.6 is 0 Å². The molecule has 0 heteroatoms. The predicted molar refractivity (Wildman–Crippen MR) is 98.9 cm³/mol. The van der Waals surface area contributed by atoms with E-state index in [1.165, 1.54) is 83.5 Å². The van der Waals surface area contributed by atoms with E-state index in [0.717, 1.165) is 17.8 Å². The Morgan fingerprint density at radius 2 is 1.10 bits per heavy atom. The van der Waals surface area contributed by atoms with Gasteiger partial charge in [-0.3, -0.25) is 0 Å². The van der Waals surface area contributed by atoms with Crippen LogP contribution in [0.2, 0.25) is 0 Å². The molecule has 128 valence electrons. The van der Waals surface area contributed by atoms with Crippen molar-refractivity contribution in [1.29, 1.82) is 0 Å². The molecule has 0 aromatic carbocycles. The largest absolute Gasteiger partial charge is 0.0654 e. The molecule has 3 atom stereocenters. The first-order valence-electron chi connectivity index (χ1n) is 10.2.